The molecule has 6 rings (SSSR count). The average molecular weight is 480 g/mol. The van der Waals surface area contributed by atoms with Crippen LogP contribution in [0, 0.1) is 23.5 Å². The van der Waals surface area contributed by atoms with Gasteiger partial charge in [0.25, 0.3) is 0 Å². The minimum Gasteiger partial charge on any atom is -0.368 e. The Labute approximate surface area is 209 Å². The molecule has 3 aromatic rings. The molecule has 4 heteroatoms. The number of ketones is 1. The van der Waals surface area contributed by atoms with Crippen LogP contribution in [-0.2, 0) is 12.8 Å². The Morgan fingerprint density at radius 1 is 0.806 bits per heavy atom. The highest BCUT2D eigenvalue weighted by Gasteiger charge is 2.28. The number of halogens is 2. The molecule has 2 atom stereocenters. The number of rotatable bonds is 2. The van der Waals surface area contributed by atoms with Crippen LogP contribution in [0.3, 0.4) is 0 Å². The molecule has 3 aliphatic rings. The van der Waals surface area contributed by atoms with E-state index in [2.05, 4.69) is 36.5 Å². The molecule has 180 valence electrons. The average Bonchev–Trinajstić information content (AvgIpc) is 3.21. The van der Waals surface area contributed by atoms with Gasteiger partial charge >= 0.3 is 0 Å². The summed E-state index contributed by atoms with van der Waals surface area (Å²) in [6, 6.07) is 15.0. The van der Waals surface area contributed by atoms with Crippen molar-refractivity contribution in [1.82, 2.24) is 5.32 Å². The van der Waals surface area contributed by atoms with Crippen molar-refractivity contribution in [3.8, 4) is 11.1 Å². The number of hydrogen-bond acceptors (Lipinski definition) is 2. The predicted molar refractivity (Wildman–Crippen MR) is 141 cm³/mol. The van der Waals surface area contributed by atoms with Crippen molar-refractivity contribution in [3.05, 3.63) is 130 Å². The van der Waals surface area contributed by atoms with Crippen LogP contribution in [0.15, 0.2) is 91.3 Å². The van der Waals surface area contributed by atoms with Crippen LogP contribution in [0.1, 0.15) is 28.4 Å². The van der Waals surface area contributed by atoms with Crippen molar-refractivity contribution in [2.45, 2.75) is 19.8 Å². The van der Waals surface area contributed by atoms with Crippen molar-refractivity contribution >= 4 is 17.9 Å². The molecule has 0 saturated heterocycles. The van der Waals surface area contributed by atoms with Gasteiger partial charge < -0.3 is 5.32 Å². The molecule has 36 heavy (non-hydrogen) atoms. The number of nitrogens with one attached hydrogen (secondary N) is 1. The summed E-state index contributed by atoms with van der Waals surface area (Å²) in [6.45, 7) is 2.09. The summed E-state index contributed by atoms with van der Waals surface area (Å²) >= 11 is 0. The van der Waals surface area contributed by atoms with E-state index < -0.39 is 0 Å². The van der Waals surface area contributed by atoms with Gasteiger partial charge in [0, 0.05) is 23.9 Å². The number of carbonyl (C=O) groups is 1. The van der Waals surface area contributed by atoms with Crippen LogP contribution in [0.4, 0.5) is 8.78 Å². The van der Waals surface area contributed by atoms with Crippen molar-refractivity contribution < 1.29 is 13.6 Å². The molecule has 0 bridgehead atoms. The molecule has 2 nitrogen and oxygen atoms in total. The molecule has 1 aliphatic heterocycles. The van der Waals surface area contributed by atoms with E-state index in [1.54, 1.807) is 18.2 Å². The third-order valence-electron chi connectivity index (χ3n) is 6.91. The van der Waals surface area contributed by atoms with Crippen LogP contribution in [0.2, 0.25) is 0 Å². The molecule has 0 amide bonds. The molecule has 0 aromatic heterocycles. The Morgan fingerprint density at radius 2 is 1.50 bits per heavy atom. The third kappa shape index (κ3) is 4.85. The van der Waals surface area contributed by atoms with Crippen LogP contribution >= 0.6 is 0 Å². The first-order valence-corrected chi connectivity index (χ1v) is 12.2. The minimum atomic E-state index is -0.341. The zero-order valence-corrected chi connectivity index (χ0v) is 20.0. The Hall–Kier alpha value is -4.05. The summed E-state index contributed by atoms with van der Waals surface area (Å²) in [6.07, 6.45) is 17.3. The summed E-state index contributed by atoms with van der Waals surface area (Å²) in [4.78, 5) is 13.1. The normalized spacial score (nSPS) is 18.6. The maximum Gasteiger partial charge on any atom is 0.170 e. The SMILES string of the molecule is C1=CC=CNC=C1.CC1Cc2ccc3c(c2=CC1C(=O)c1ccc(F)cc1)=CCc1cc(F)ccc1-3. The van der Waals surface area contributed by atoms with Gasteiger partial charge in [-0.3, -0.25) is 4.79 Å². The molecule has 2 unspecified atom stereocenters. The molecule has 1 heterocycles. The van der Waals surface area contributed by atoms with Gasteiger partial charge in [0.1, 0.15) is 11.6 Å². The van der Waals surface area contributed by atoms with E-state index in [1.807, 2.05) is 42.8 Å². The maximum atomic E-state index is 13.6. The zero-order chi connectivity index (χ0) is 25.1. The Balaban J connectivity index is 0.000000330. The number of Topliss-reactive ketones (excluding diaryl/α,β-unsaturated/α-hetero) is 1. The number of hydrogen-bond donors (Lipinski definition) is 1. The van der Waals surface area contributed by atoms with Gasteiger partial charge in [0.05, 0.1) is 0 Å². The summed E-state index contributed by atoms with van der Waals surface area (Å²) in [5, 5.41) is 5.16. The highest BCUT2D eigenvalue weighted by Crippen LogP contribution is 2.29. The topological polar surface area (TPSA) is 29.1 Å². The van der Waals surface area contributed by atoms with Crippen molar-refractivity contribution in [2.24, 2.45) is 11.8 Å². The quantitative estimate of drug-likeness (QED) is 0.484. The van der Waals surface area contributed by atoms with E-state index in [9.17, 15) is 13.6 Å². The molecular formula is C32H27F2NO. The molecule has 0 fully saturated rings. The van der Waals surface area contributed by atoms with Gasteiger partial charge in [0.2, 0.25) is 0 Å². The van der Waals surface area contributed by atoms with Crippen LogP contribution in [0.5, 0.6) is 0 Å². The lowest BCUT2D eigenvalue weighted by Crippen LogP contribution is -2.39. The standard InChI is InChI=1S/C26H20F2O.C6H7N/c1-15-12-17-4-9-22-21-11-8-20(28)13-18(21)5-10-23(22)25(17)14-24(15)26(29)16-2-6-19(27)7-3-16;1-2-4-6-7-5-3-1/h2-4,6-11,13-15,24H,5,12H2,1H3;1-7H. The monoisotopic (exact) mass is 479 g/mol. The summed E-state index contributed by atoms with van der Waals surface area (Å²) in [7, 11) is 0. The molecule has 1 N–H and O–H groups in total. The molecular weight excluding hydrogens is 452 g/mol. The smallest absolute Gasteiger partial charge is 0.170 e. The number of allylic oxidation sites excluding steroid dienone is 4. The maximum absolute atomic E-state index is 13.6. The number of carbonyl (C=O) groups excluding carboxylic acids is 1. The van der Waals surface area contributed by atoms with Gasteiger partial charge in [-0.05, 0) is 100 Å². The largest absolute Gasteiger partial charge is 0.368 e. The van der Waals surface area contributed by atoms with Crippen LogP contribution < -0.4 is 15.8 Å². The van der Waals surface area contributed by atoms with E-state index in [0.717, 1.165) is 33.5 Å². The summed E-state index contributed by atoms with van der Waals surface area (Å²) in [5.74, 6) is -0.611. The predicted octanol–water partition coefficient (Wildman–Crippen LogP) is 5.61. The third-order valence-corrected chi connectivity index (χ3v) is 6.91. The summed E-state index contributed by atoms with van der Waals surface area (Å²) < 4.78 is 26.9. The highest BCUT2D eigenvalue weighted by atomic mass is 19.1. The van der Waals surface area contributed by atoms with Gasteiger partial charge in [-0.1, -0.05) is 49.4 Å². The first-order chi connectivity index (χ1) is 17.5. The molecule has 0 saturated carbocycles. The van der Waals surface area contributed by atoms with E-state index in [4.69, 9.17) is 0 Å². The highest BCUT2D eigenvalue weighted by molar-refractivity contribution is 6.01. The molecule has 2 aliphatic carbocycles. The fourth-order valence-electron chi connectivity index (χ4n) is 5.08. The lowest BCUT2D eigenvalue weighted by molar-refractivity contribution is 0.0922. The molecule has 0 spiro atoms. The van der Waals surface area contributed by atoms with Crippen molar-refractivity contribution in [3.63, 3.8) is 0 Å². The van der Waals surface area contributed by atoms with Crippen LogP contribution in [-0.4, -0.2) is 5.78 Å². The van der Waals surface area contributed by atoms with Gasteiger partial charge in [-0.15, -0.1) is 0 Å². The summed E-state index contributed by atoms with van der Waals surface area (Å²) in [5.41, 5.74) is 4.91. The van der Waals surface area contributed by atoms with E-state index in [1.165, 1.54) is 23.8 Å². The number of fused-ring (bicyclic) bond motifs is 5. The van der Waals surface area contributed by atoms with E-state index in [0.29, 0.717) is 12.0 Å². The van der Waals surface area contributed by atoms with Gasteiger partial charge in [-0.25, -0.2) is 8.78 Å². The van der Waals surface area contributed by atoms with Crippen LogP contribution in [0.25, 0.3) is 23.3 Å². The van der Waals surface area contributed by atoms with Gasteiger partial charge in [0.15, 0.2) is 5.78 Å². The van der Waals surface area contributed by atoms with E-state index in [-0.39, 0.29) is 29.3 Å². The molecule has 0 radical (unpaired) electrons. The Kier molecular flexibility index (Phi) is 6.77. The van der Waals surface area contributed by atoms with E-state index >= 15 is 0 Å². The second-order valence-electron chi connectivity index (χ2n) is 9.32. The van der Waals surface area contributed by atoms with Gasteiger partial charge in [-0.2, -0.15) is 0 Å². The lowest BCUT2D eigenvalue weighted by Gasteiger charge is -2.26. The molecule has 3 aromatic carbocycles. The zero-order valence-electron chi connectivity index (χ0n) is 20.0. The second kappa shape index (κ2) is 10.3. The first-order valence-electron chi connectivity index (χ1n) is 12.2. The first kappa shape index (κ1) is 23.7. The minimum absolute atomic E-state index is 0.0269. The van der Waals surface area contributed by atoms with Crippen molar-refractivity contribution in [1.29, 1.82) is 0 Å². The Morgan fingerprint density at radius 3 is 2.25 bits per heavy atom. The second-order valence-corrected chi connectivity index (χ2v) is 9.32. The number of benzene rings is 3. The van der Waals surface area contributed by atoms with Crippen molar-refractivity contribution in [2.75, 3.05) is 0 Å². The Bertz CT molecular complexity index is 1500. The fourth-order valence-corrected chi connectivity index (χ4v) is 5.08. The fraction of sp³-hybridized carbons (Fsp3) is 0.156. The lowest BCUT2D eigenvalue weighted by atomic mass is 9.76.